The van der Waals surface area contributed by atoms with E-state index >= 15 is 0 Å². The molecule has 4 heteroatoms. The molecule has 0 atom stereocenters. The van der Waals surface area contributed by atoms with Crippen molar-refractivity contribution in [2.24, 2.45) is 0 Å². The SMILES string of the molecule is CCCCN(CC)c1ccc(C(=O)N2CCNCC2)cc1. The van der Waals surface area contributed by atoms with Crippen molar-refractivity contribution in [1.29, 1.82) is 0 Å². The van der Waals surface area contributed by atoms with Crippen molar-refractivity contribution < 1.29 is 4.79 Å². The average Bonchev–Trinajstić information content (AvgIpc) is 2.56. The van der Waals surface area contributed by atoms with Crippen LogP contribution in [0.4, 0.5) is 5.69 Å². The molecule has 1 aliphatic rings. The maximum atomic E-state index is 12.4. The molecule has 1 heterocycles. The Morgan fingerprint density at radius 1 is 1.19 bits per heavy atom. The second kappa shape index (κ2) is 8.03. The van der Waals surface area contributed by atoms with Crippen LogP contribution in [0.25, 0.3) is 0 Å². The lowest BCUT2D eigenvalue weighted by Crippen LogP contribution is -2.46. The van der Waals surface area contributed by atoms with E-state index in [0.717, 1.165) is 44.8 Å². The van der Waals surface area contributed by atoms with Gasteiger partial charge in [-0.2, -0.15) is 0 Å². The molecule has 1 aromatic carbocycles. The summed E-state index contributed by atoms with van der Waals surface area (Å²) in [5, 5.41) is 3.27. The van der Waals surface area contributed by atoms with E-state index in [-0.39, 0.29) is 5.91 Å². The molecule has 0 aromatic heterocycles. The topological polar surface area (TPSA) is 35.6 Å². The molecule has 1 amide bonds. The Hall–Kier alpha value is -1.55. The van der Waals surface area contributed by atoms with Crippen LogP contribution in [-0.4, -0.2) is 50.1 Å². The molecule has 0 spiro atoms. The highest BCUT2D eigenvalue weighted by atomic mass is 16.2. The predicted molar refractivity (Wildman–Crippen MR) is 88.0 cm³/mol. The number of anilines is 1. The zero-order chi connectivity index (χ0) is 15.1. The van der Waals surface area contributed by atoms with Gasteiger partial charge >= 0.3 is 0 Å². The molecule has 21 heavy (non-hydrogen) atoms. The van der Waals surface area contributed by atoms with Crippen molar-refractivity contribution >= 4 is 11.6 Å². The third kappa shape index (κ3) is 4.21. The van der Waals surface area contributed by atoms with Crippen LogP contribution in [0, 0.1) is 0 Å². The minimum Gasteiger partial charge on any atom is -0.372 e. The third-order valence-electron chi connectivity index (χ3n) is 4.05. The standard InChI is InChI=1S/C17H27N3O/c1-3-5-12-19(4-2)16-8-6-15(7-9-16)17(21)20-13-10-18-11-14-20/h6-9,18H,3-5,10-14H2,1-2H3. The highest BCUT2D eigenvalue weighted by molar-refractivity contribution is 5.94. The number of hydrogen-bond acceptors (Lipinski definition) is 3. The van der Waals surface area contributed by atoms with Gasteiger partial charge in [-0.1, -0.05) is 13.3 Å². The second-order valence-corrected chi connectivity index (χ2v) is 5.52. The minimum atomic E-state index is 0.152. The molecule has 1 saturated heterocycles. The van der Waals surface area contributed by atoms with E-state index in [4.69, 9.17) is 0 Å². The molecule has 0 radical (unpaired) electrons. The van der Waals surface area contributed by atoms with Crippen LogP contribution in [-0.2, 0) is 0 Å². The number of benzene rings is 1. The minimum absolute atomic E-state index is 0.152. The van der Waals surface area contributed by atoms with Gasteiger partial charge in [-0.15, -0.1) is 0 Å². The molecular formula is C17H27N3O. The summed E-state index contributed by atoms with van der Waals surface area (Å²) in [7, 11) is 0. The maximum absolute atomic E-state index is 12.4. The van der Waals surface area contributed by atoms with Gasteiger partial charge in [-0.25, -0.2) is 0 Å². The molecule has 1 N–H and O–H groups in total. The molecular weight excluding hydrogens is 262 g/mol. The van der Waals surface area contributed by atoms with Crippen molar-refractivity contribution in [1.82, 2.24) is 10.2 Å². The Morgan fingerprint density at radius 2 is 1.86 bits per heavy atom. The van der Waals surface area contributed by atoms with Crippen LogP contribution in [0.3, 0.4) is 0 Å². The van der Waals surface area contributed by atoms with E-state index in [1.54, 1.807) is 0 Å². The van der Waals surface area contributed by atoms with Gasteiger partial charge in [0.2, 0.25) is 0 Å². The van der Waals surface area contributed by atoms with Gasteiger partial charge < -0.3 is 15.1 Å². The third-order valence-corrected chi connectivity index (χ3v) is 4.05. The number of nitrogens with one attached hydrogen (secondary N) is 1. The highest BCUT2D eigenvalue weighted by Gasteiger charge is 2.17. The van der Waals surface area contributed by atoms with Crippen LogP contribution < -0.4 is 10.2 Å². The van der Waals surface area contributed by atoms with Crippen LogP contribution >= 0.6 is 0 Å². The van der Waals surface area contributed by atoms with Crippen LogP contribution in [0.5, 0.6) is 0 Å². The summed E-state index contributed by atoms with van der Waals surface area (Å²) < 4.78 is 0. The summed E-state index contributed by atoms with van der Waals surface area (Å²) in [6.07, 6.45) is 2.41. The van der Waals surface area contributed by atoms with Gasteiger partial charge in [0.05, 0.1) is 0 Å². The number of carbonyl (C=O) groups is 1. The molecule has 1 fully saturated rings. The monoisotopic (exact) mass is 289 g/mol. The van der Waals surface area contributed by atoms with Gasteiger partial charge in [0, 0.05) is 50.5 Å². The van der Waals surface area contributed by atoms with Crippen LogP contribution in [0.1, 0.15) is 37.0 Å². The number of nitrogens with zero attached hydrogens (tertiary/aromatic N) is 2. The molecule has 1 aromatic rings. The van der Waals surface area contributed by atoms with Gasteiger partial charge in [0.1, 0.15) is 0 Å². The fraction of sp³-hybridized carbons (Fsp3) is 0.588. The fourth-order valence-electron chi connectivity index (χ4n) is 2.68. The number of carbonyl (C=O) groups excluding carboxylic acids is 1. The van der Waals surface area contributed by atoms with Crippen molar-refractivity contribution in [3.8, 4) is 0 Å². The molecule has 1 aliphatic heterocycles. The lowest BCUT2D eigenvalue weighted by molar-refractivity contribution is 0.0736. The highest BCUT2D eigenvalue weighted by Crippen LogP contribution is 2.17. The lowest BCUT2D eigenvalue weighted by Gasteiger charge is -2.28. The van der Waals surface area contributed by atoms with E-state index < -0.39 is 0 Å². The van der Waals surface area contributed by atoms with Crippen molar-refractivity contribution in [2.45, 2.75) is 26.7 Å². The number of unbranched alkanes of at least 4 members (excludes halogenated alkanes) is 1. The number of piperazine rings is 1. The molecule has 0 unspecified atom stereocenters. The molecule has 0 aliphatic carbocycles. The molecule has 0 saturated carbocycles. The number of hydrogen-bond donors (Lipinski definition) is 1. The summed E-state index contributed by atoms with van der Waals surface area (Å²) in [5.74, 6) is 0.152. The number of amides is 1. The van der Waals surface area contributed by atoms with Crippen LogP contribution in [0.15, 0.2) is 24.3 Å². The smallest absolute Gasteiger partial charge is 0.253 e. The molecule has 0 bridgehead atoms. The molecule has 2 rings (SSSR count). The van der Waals surface area contributed by atoms with E-state index in [0.29, 0.717) is 0 Å². The summed E-state index contributed by atoms with van der Waals surface area (Å²) >= 11 is 0. The normalized spacial score (nSPS) is 15.0. The Bertz CT molecular complexity index is 438. The van der Waals surface area contributed by atoms with E-state index in [9.17, 15) is 4.79 Å². The lowest BCUT2D eigenvalue weighted by atomic mass is 10.1. The Morgan fingerprint density at radius 3 is 2.43 bits per heavy atom. The first-order chi connectivity index (χ1) is 10.3. The average molecular weight is 289 g/mol. The van der Waals surface area contributed by atoms with Crippen molar-refractivity contribution in [3.05, 3.63) is 29.8 Å². The van der Waals surface area contributed by atoms with Crippen molar-refractivity contribution in [3.63, 3.8) is 0 Å². The molecule has 4 nitrogen and oxygen atoms in total. The summed E-state index contributed by atoms with van der Waals surface area (Å²) in [4.78, 5) is 16.7. The summed E-state index contributed by atoms with van der Waals surface area (Å²) in [6, 6.07) is 8.09. The van der Waals surface area contributed by atoms with Gasteiger partial charge in [-0.3, -0.25) is 4.79 Å². The van der Waals surface area contributed by atoms with Gasteiger partial charge in [0.25, 0.3) is 5.91 Å². The first-order valence-corrected chi connectivity index (χ1v) is 8.11. The second-order valence-electron chi connectivity index (χ2n) is 5.52. The van der Waals surface area contributed by atoms with Crippen LogP contribution in [0.2, 0.25) is 0 Å². The first kappa shape index (κ1) is 15.8. The van der Waals surface area contributed by atoms with Crippen molar-refractivity contribution in [2.75, 3.05) is 44.2 Å². The Balaban J connectivity index is 2.01. The zero-order valence-electron chi connectivity index (χ0n) is 13.3. The summed E-state index contributed by atoms with van der Waals surface area (Å²) in [6.45, 7) is 9.87. The zero-order valence-corrected chi connectivity index (χ0v) is 13.3. The molecule has 116 valence electrons. The Labute approximate surface area is 128 Å². The quantitative estimate of drug-likeness (QED) is 0.873. The largest absolute Gasteiger partial charge is 0.372 e. The van der Waals surface area contributed by atoms with E-state index in [1.807, 2.05) is 17.0 Å². The summed E-state index contributed by atoms with van der Waals surface area (Å²) in [5.41, 5.74) is 2.01. The fourth-order valence-corrected chi connectivity index (χ4v) is 2.68. The van der Waals surface area contributed by atoms with Gasteiger partial charge in [-0.05, 0) is 37.6 Å². The predicted octanol–water partition coefficient (Wildman–Crippen LogP) is 2.36. The maximum Gasteiger partial charge on any atom is 0.253 e. The van der Waals surface area contributed by atoms with E-state index in [1.165, 1.54) is 18.5 Å². The first-order valence-electron chi connectivity index (χ1n) is 8.11. The van der Waals surface area contributed by atoms with E-state index in [2.05, 4.69) is 36.2 Å². The van der Waals surface area contributed by atoms with Gasteiger partial charge in [0.15, 0.2) is 0 Å². The number of rotatable bonds is 6. The Kier molecular flexibility index (Phi) is 6.05.